The van der Waals surface area contributed by atoms with Gasteiger partial charge in [-0.2, -0.15) is 0 Å². The van der Waals surface area contributed by atoms with Crippen molar-refractivity contribution in [3.63, 3.8) is 0 Å². The SMILES string of the molecule is CC(=O)N(C)C(C)CC(=N)Cc1ccc(Br)cc1. The summed E-state index contributed by atoms with van der Waals surface area (Å²) in [4.78, 5) is 12.9. The van der Waals surface area contributed by atoms with Gasteiger partial charge in [0.15, 0.2) is 0 Å². The summed E-state index contributed by atoms with van der Waals surface area (Å²) in [6, 6.07) is 8.06. The van der Waals surface area contributed by atoms with Crippen molar-refractivity contribution in [2.75, 3.05) is 7.05 Å². The van der Waals surface area contributed by atoms with Gasteiger partial charge >= 0.3 is 0 Å². The molecule has 1 amide bonds. The average molecular weight is 311 g/mol. The Kier molecular flexibility index (Phi) is 5.54. The number of halogens is 1. The van der Waals surface area contributed by atoms with Gasteiger partial charge < -0.3 is 10.3 Å². The van der Waals surface area contributed by atoms with Gasteiger partial charge in [0.1, 0.15) is 0 Å². The molecule has 0 bridgehead atoms. The quantitative estimate of drug-likeness (QED) is 0.833. The van der Waals surface area contributed by atoms with Crippen molar-refractivity contribution in [3.8, 4) is 0 Å². The smallest absolute Gasteiger partial charge is 0.219 e. The highest BCUT2D eigenvalue weighted by atomic mass is 79.9. The standard InChI is InChI=1S/C14H19BrN2O/c1-10(17(3)11(2)18)8-14(16)9-12-4-6-13(15)7-5-12/h4-7,10,16H,8-9H2,1-3H3. The lowest BCUT2D eigenvalue weighted by Crippen LogP contribution is -2.34. The number of nitrogens with zero attached hydrogens (tertiary/aromatic N) is 1. The summed E-state index contributed by atoms with van der Waals surface area (Å²) in [5.41, 5.74) is 1.78. The first-order valence-corrected chi connectivity index (χ1v) is 6.73. The molecule has 0 aliphatic rings. The van der Waals surface area contributed by atoms with Gasteiger partial charge in [0.25, 0.3) is 0 Å². The maximum absolute atomic E-state index is 11.2. The summed E-state index contributed by atoms with van der Waals surface area (Å²) in [5.74, 6) is 0.0407. The normalized spacial score (nSPS) is 12.0. The Morgan fingerprint density at radius 1 is 1.39 bits per heavy atom. The predicted octanol–water partition coefficient (Wildman–Crippen LogP) is 3.27. The van der Waals surface area contributed by atoms with Crippen LogP contribution in [0.1, 0.15) is 25.8 Å². The van der Waals surface area contributed by atoms with Crippen LogP contribution in [0.4, 0.5) is 0 Å². The molecular weight excluding hydrogens is 292 g/mol. The second kappa shape index (κ2) is 6.69. The van der Waals surface area contributed by atoms with E-state index >= 15 is 0 Å². The van der Waals surface area contributed by atoms with E-state index in [1.807, 2.05) is 31.2 Å². The Morgan fingerprint density at radius 2 is 1.94 bits per heavy atom. The summed E-state index contributed by atoms with van der Waals surface area (Å²) in [6.45, 7) is 3.52. The van der Waals surface area contributed by atoms with Crippen LogP contribution in [0, 0.1) is 5.41 Å². The number of amides is 1. The molecule has 0 saturated carbocycles. The van der Waals surface area contributed by atoms with E-state index in [-0.39, 0.29) is 11.9 Å². The van der Waals surface area contributed by atoms with Crippen LogP contribution in [0.25, 0.3) is 0 Å². The zero-order chi connectivity index (χ0) is 13.7. The van der Waals surface area contributed by atoms with Gasteiger partial charge in [0.05, 0.1) is 0 Å². The Morgan fingerprint density at radius 3 is 2.44 bits per heavy atom. The molecular formula is C14H19BrN2O. The van der Waals surface area contributed by atoms with E-state index < -0.39 is 0 Å². The van der Waals surface area contributed by atoms with Gasteiger partial charge in [-0.05, 0) is 24.6 Å². The maximum Gasteiger partial charge on any atom is 0.219 e. The molecule has 1 unspecified atom stereocenters. The molecule has 0 fully saturated rings. The van der Waals surface area contributed by atoms with Crippen LogP contribution in [0.15, 0.2) is 28.7 Å². The third-order valence-electron chi connectivity index (χ3n) is 3.03. The van der Waals surface area contributed by atoms with E-state index in [0.717, 1.165) is 10.0 Å². The lowest BCUT2D eigenvalue weighted by Gasteiger charge is -2.23. The fourth-order valence-corrected chi connectivity index (χ4v) is 1.99. The highest BCUT2D eigenvalue weighted by Gasteiger charge is 2.13. The highest BCUT2D eigenvalue weighted by molar-refractivity contribution is 9.10. The monoisotopic (exact) mass is 310 g/mol. The number of rotatable bonds is 5. The van der Waals surface area contributed by atoms with Gasteiger partial charge in [-0.1, -0.05) is 28.1 Å². The summed E-state index contributed by atoms with van der Waals surface area (Å²) in [6.07, 6.45) is 1.26. The maximum atomic E-state index is 11.2. The summed E-state index contributed by atoms with van der Waals surface area (Å²) in [7, 11) is 1.78. The predicted molar refractivity (Wildman–Crippen MR) is 78.1 cm³/mol. The van der Waals surface area contributed by atoms with E-state index in [1.54, 1.807) is 18.9 Å². The molecule has 1 N–H and O–H groups in total. The lowest BCUT2D eigenvalue weighted by molar-refractivity contribution is -0.129. The fourth-order valence-electron chi connectivity index (χ4n) is 1.72. The van der Waals surface area contributed by atoms with E-state index in [2.05, 4.69) is 15.9 Å². The average Bonchev–Trinajstić information content (AvgIpc) is 2.30. The van der Waals surface area contributed by atoms with Crippen LogP contribution in [0.2, 0.25) is 0 Å². The third-order valence-corrected chi connectivity index (χ3v) is 3.56. The van der Waals surface area contributed by atoms with E-state index in [4.69, 9.17) is 5.41 Å². The first-order chi connectivity index (χ1) is 8.40. The molecule has 0 heterocycles. The molecule has 1 aromatic rings. The van der Waals surface area contributed by atoms with Crippen molar-refractivity contribution in [2.24, 2.45) is 0 Å². The van der Waals surface area contributed by atoms with E-state index in [1.165, 1.54) is 0 Å². The molecule has 4 heteroatoms. The molecule has 0 saturated heterocycles. The zero-order valence-electron chi connectivity index (χ0n) is 11.0. The molecule has 0 spiro atoms. The summed E-state index contributed by atoms with van der Waals surface area (Å²) in [5, 5.41) is 7.99. The summed E-state index contributed by atoms with van der Waals surface area (Å²) >= 11 is 3.39. The minimum absolute atomic E-state index is 0.0407. The molecule has 1 rings (SSSR count). The number of hydrogen-bond acceptors (Lipinski definition) is 2. The fraction of sp³-hybridized carbons (Fsp3) is 0.429. The molecule has 3 nitrogen and oxygen atoms in total. The lowest BCUT2D eigenvalue weighted by atomic mass is 10.0. The van der Waals surface area contributed by atoms with Crippen molar-refractivity contribution >= 4 is 27.5 Å². The van der Waals surface area contributed by atoms with Crippen molar-refractivity contribution in [1.29, 1.82) is 5.41 Å². The minimum atomic E-state index is 0.0407. The first kappa shape index (κ1) is 14.9. The van der Waals surface area contributed by atoms with Crippen molar-refractivity contribution in [1.82, 2.24) is 4.90 Å². The minimum Gasteiger partial charge on any atom is -0.343 e. The molecule has 98 valence electrons. The van der Waals surface area contributed by atoms with Crippen LogP contribution in [-0.4, -0.2) is 29.6 Å². The van der Waals surface area contributed by atoms with Gasteiger partial charge in [-0.25, -0.2) is 0 Å². The molecule has 0 radical (unpaired) electrons. The van der Waals surface area contributed by atoms with E-state index in [9.17, 15) is 4.79 Å². The Hall–Kier alpha value is -1.16. The number of carbonyl (C=O) groups is 1. The number of benzene rings is 1. The van der Waals surface area contributed by atoms with Gasteiger partial charge in [0.2, 0.25) is 5.91 Å². The number of hydrogen-bond donors (Lipinski definition) is 1. The zero-order valence-corrected chi connectivity index (χ0v) is 12.6. The number of carbonyl (C=O) groups excluding carboxylic acids is 1. The molecule has 0 aromatic heterocycles. The van der Waals surface area contributed by atoms with Crippen LogP contribution in [-0.2, 0) is 11.2 Å². The number of nitrogens with one attached hydrogen (secondary N) is 1. The van der Waals surface area contributed by atoms with E-state index in [0.29, 0.717) is 18.6 Å². The molecule has 0 aliphatic carbocycles. The van der Waals surface area contributed by atoms with Gasteiger partial charge in [-0.3, -0.25) is 4.79 Å². The molecule has 1 aromatic carbocycles. The second-order valence-electron chi connectivity index (χ2n) is 4.59. The van der Waals surface area contributed by atoms with Crippen molar-refractivity contribution in [2.45, 2.75) is 32.7 Å². The van der Waals surface area contributed by atoms with Crippen LogP contribution < -0.4 is 0 Å². The summed E-state index contributed by atoms with van der Waals surface area (Å²) < 4.78 is 1.04. The third kappa shape index (κ3) is 4.61. The Balaban J connectivity index is 2.51. The molecule has 0 aliphatic heterocycles. The van der Waals surface area contributed by atoms with Gasteiger partial charge in [-0.15, -0.1) is 0 Å². The van der Waals surface area contributed by atoms with Crippen LogP contribution in [0.3, 0.4) is 0 Å². The Labute approximate surface area is 117 Å². The highest BCUT2D eigenvalue weighted by Crippen LogP contribution is 2.12. The van der Waals surface area contributed by atoms with Crippen molar-refractivity contribution in [3.05, 3.63) is 34.3 Å². The first-order valence-electron chi connectivity index (χ1n) is 5.94. The van der Waals surface area contributed by atoms with Crippen molar-refractivity contribution < 1.29 is 4.79 Å². The second-order valence-corrected chi connectivity index (χ2v) is 5.51. The van der Waals surface area contributed by atoms with Crippen LogP contribution >= 0.6 is 15.9 Å². The Bertz CT molecular complexity index is 428. The van der Waals surface area contributed by atoms with Gasteiger partial charge in [0, 0.05) is 43.0 Å². The molecule has 1 atom stereocenters. The topological polar surface area (TPSA) is 44.2 Å². The van der Waals surface area contributed by atoms with Crippen LogP contribution in [0.5, 0.6) is 0 Å². The molecule has 18 heavy (non-hydrogen) atoms. The largest absolute Gasteiger partial charge is 0.343 e.